The van der Waals surface area contributed by atoms with Crippen LogP contribution in [0, 0.1) is 6.92 Å². The van der Waals surface area contributed by atoms with Gasteiger partial charge in [-0.25, -0.2) is 4.98 Å². The molecule has 0 aliphatic rings. The van der Waals surface area contributed by atoms with Crippen molar-refractivity contribution < 1.29 is 4.79 Å². The van der Waals surface area contributed by atoms with Crippen LogP contribution in [-0.4, -0.2) is 20.7 Å². The SMILES string of the molecule is Cc1ccnn1C(C)C(=O)NC(Cc1ccsc1)c1nccs1. The van der Waals surface area contributed by atoms with E-state index in [2.05, 4.69) is 26.8 Å². The van der Waals surface area contributed by atoms with Crippen LogP contribution in [-0.2, 0) is 11.2 Å². The van der Waals surface area contributed by atoms with E-state index in [0.29, 0.717) is 0 Å². The summed E-state index contributed by atoms with van der Waals surface area (Å²) in [6.07, 6.45) is 4.23. The third kappa shape index (κ3) is 3.68. The molecule has 0 saturated heterocycles. The first-order valence-electron chi connectivity index (χ1n) is 7.36. The Kier molecular flexibility index (Phi) is 4.88. The molecule has 2 unspecified atom stereocenters. The van der Waals surface area contributed by atoms with Crippen LogP contribution < -0.4 is 5.32 Å². The number of aryl methyl sites for hydroxylation is 1. The van der Waals surface area contributed by atoms with E-state index in [1.54, 1.807) is 39.7 Å². The Morgan fingerprint density at radius 1 is 1.35 bits per heavy atom. The second-order valence-electron chi connectivity index (χ2n) is 5.36. The highest BCUT2D eigenvalue weighted by Crippen LogP contribution is 2.23. The molecule has 1 N–H and O–H groups in total. The highest BCUT2D eigenvalue weighted by atomic mass is 32.1. The van der Waals surface area contributed by atoms with Crippen LogP contribution >= 0.6 is 22.7 Å². The zero-order chi connectivity index (χ0) is 16.2. The van der Waals surface area contributed by atoms with E-state index in [4.69, 9.17) is 0 Å². The molecule has 3 aromatic rings. The Labute approximate surface area is 143 Å². The van der Waals surface area contributed by atoms with Gasteiger partial charge in [0.2, 0.25) is 5.91 Å². The third-order valence-corrected chi connectivity index (χ3v) is 5.32. The van der Waals surface area contributed by atoms with Gasteiger partial charge in [-0.1, -0.05) is 0 Å². The first-order valence-corrected chi connectivity index (χ1v) is 9.18. The monoisotopic (exact) mass is 346 g/mol. The van der Waals surface area contributed by atoms with Crippen molar-refractivity contribution >= 4 is 28.6 Å². The quantitative estimate of drug-likeness (QED) is 0.744. The largest absolute Gasteiger partial charge is 0.345 e. The first-order chi connectivity index (χ1) is 11.1. The number of nitrogens with zero attached hydrogens (tertiary/aromatic N) is 3. The van der Waals surface area contributed by atoms with Gasteiger partial charge in [0.1, 0.15) is 11.0 Å². The van der Waals surface area contributed by atoms with Gasteiger partial charge in [0.05, 0.1) is 6.04 Å². The summed E-state index contributed by atoms with van der Waals surface area (Å²) < 4.78 is 1.73. The third-order valence-electron chi connectivity index (χ3n) is 3.70. The molecule has 3 heterocycles. The van der Waals surface area contributed by atoms with Gasteiger partial charge < -0.3 is 5.32 Å². The summed E-state index contributed by atoms with van der Waals surface area (Å²) in [5, 5.41) is 14.4. The average molecular weight is 346 g/mol. The number of hydrogen-bond acceptors (Lipinski definition) is 5. The average Bonchev–Trinajstić information content (AvgIpc) is 3.28. The molecule has 3 rings (SSSR count). The zero-order valence-electron chi connectivity index (χ0n) is 13.0. The van der Waals surface area contributed by atoms with Crippen LogP contribution in [0.4, 0.5) is 0 Å². The molecule has 23 heavy (non-hydrogen) atoms. The number of thiophene rings is 1. The molecule has 0 radical (unpaired) electrons. The number of aromatic nitrogens is 3. The van der Waals surface area contributed by atoms with Gasteiger partial charge in [-0.05, 0) is 42.3 Å². The Morgan fingerprint density at radius 3 is 2.83 bits per heavy atom. The predicted octanol–water partition coefficient (Wildman–Crippen LogP) is 3.37. The Morgan fingerprint density at radius 2 is 2.22 bits per heavy atom. The summed E-state index contributed by atoms with van der Waals surface area (Å²) in [6, 6.07) is 3.51. The van der Waals surface area contributed by atoms with E-state index in [-0.39, 0.29) is 18.0 Å². The smallest absolute Gasteiger partial charge is 0.245 e. The maximum absolute atomic E-state index is 12.6. The fourth-order valence-electron chi connectivity index (χ4n) is 2.44. The molecule has 0 aliphatic carbocycles. The van der Waals surface area contributed by atoms with E-state index >= 15 is 0 Å². The summed E-state index contributed by atoms with van der Waals surface area (Å²) in [6.45, 7) is 3.80. The lowest BCUT2D eigenvalue weighted by Gasteiger charge is -2.20. The lowest BCUT2D eigenvalue weighted by Crippen LogP contribution is -2.35. The van der Waals surface area contributed by atoms with Gasteiger partial charge in [0.15, 0.2) is 0 Å². The maximum atomic E-state index is 12.6. The van der Waals surface area contributed by atoms with Crippen molar-refractivity contribution in [1.29, 1.82) is 0 Å². The summed E-state index contributed by atoms with van der Waals surface area (Å²) in [4.78, 5) is 17.0. The minimum Gasteiger partial charge on any atom is -0.345 e. The molecule has 0 aromatic carbocycles. The summed E-state index contributed by atoms with van der Waals surface area (Å²) >= 11 is 3.22. The van der Waals surface area contributed by atoms with Crippen molar-refractivity contribution in [1.82, 2.24) is 20.1 Å². The van der Waals surface area contributed by atoms with Gasteiger partial charge >= 0.3 is 0 Å². The number of amides is 1. The van der Waals surface area contributed by atoms with Crippen LogP contribution in [0.1, 0.15) is 35.3 Å². The fraction of sp³-hybridized carbons (Fsp3) is 0.312. The molecule has 3 aromatic heterocycles. The minimum absolute atomic E-state index is 0.0489. The normalized spacial score (nSPS) is 13.7. The van der Waals surface area contributed by atoms with E-state index in [1.807, 2.05) is 30.7 Å². The second-order valence-corrected chi connectivity index (χ2v) is 7.07. The number of rotatable bonds is 6. The molecule has 7 heteroatoms. The van der Waals surface area contributed by atoms with Gasteiger partial charge in [-0.2, -0.15) is 16.4 Å². The topological polar surface area (TPSA) is 59.8 Å². The van der Waals surface area contributed by atoms with Crippen molar-refractivity contribution in [3.63, 3.8) is 0 Å². The van der Waals surface area contributed by atoms with Crippen LogP contribution in [0.15, 0.2) is 40.7 Å². The molecule has 0 fully saturated rings. The molecule has 120 valence electrons. The van der Waals surface area contributed by atoms with Crippen LogP contribution in [0.25, 0.3) is 0 Å². The molecular formula is C16H18N4OS2. The highest BCUT2D eigenvalue weighted by Gasteiger charge is 2.23. The van der Waals surface area contributed by atoms with E-state index in [1.165, 1.54) is 5.56 Å². The van der Waals surface area contributed by atoms with E-state index in [0.717, 1.165) is 17.1 Å². The van der Waals surface area contributed by atoms with Crippen LogP contribution in [0.5, 0.6) is 0 Å². The molecule has 1 amide bonds. The Balaban J connectivity index is 1.75. The van der Waals surface area contributed by atoms with Crippen molar-refractivity contribution in [2.24, 2.45) is 0 Å². The number of carbonyl (C=O) groups is 1. The van der Waals surface area contributed by atoms with Crippen molar-refractivity contribution in [2.75, 3.05) is 0 Å². The van der Waals surface area contributed by atoms with Gasteiger partial charge in [-0.15, -0.1) is 11.3 Å². The zero-order valence-corrected chi connectivity index (χ0v) is 14.6. The lowest BCUT2D eigenvalue weighted by atomic mass is 10.1. The van der Waals surface area contributed by atoms with Gasteiger partial charge in [-0.3, -0.25) is 9.48 Å². The van der Waals surface area contributed by atoms with E-state index in [9.17, 15) is 4.79 Å². The van der Waals surface area contributed by atoms with Crippen molar-refractivity contribution in [3.05, 3.63) is 56.9 Å². The molecule has 5 nitrogen and oxygen atoms in total. The Bertz CT molecular complexity index is 749. The maximum Gasteiger partial charge on any atom is 0.245 e. The highest BCUT2D eigenvalue weighted by molar-refractivity contribution is 7.09. The second kappa shape index (κ2) is 7.06. The fourth-order valence-corrected chi connectivity index (χ4v) is 3.81. The summed E-state index contributed by atoms with van der Waals surface area (Å²) in [5.41, 5.74) is 2.18. The Hall–Kier alpha value is -1.99. The van der Waals surface area contributed by atoms with E-state index < -0.39 is 0 Å². The number of hydrogen-bond donors (Lipinski definition) is 1. The molecule has 0 aliphatic heterocycles. The molecule has 0 spiro atoms. The predicted molar refractivity (Wildman–Crippen MR) is 92.7 cm³/mol. The molecular weight excluding hydrogens is 328 g/mol. The number of carbonyl (C=O) groups excluding carboxylic acids is 1. The lowest BCUT2D eigenvalue weighted by molar-refractivity contribution is -0.125. The van der Waals surface area contributed by atoms with Gasteiger partial charge in [0.25, 0.3) is 0 Å². The summed E-state index contributed by atoms with van der Waals surface area (Å²) in [7, 11) is 0. The minimum atomic E-state index is -0.352. The van der Waals surface area contributed by atoms with Crippen molar-refractivity contribution in [2.45, 2.75) is 32.4 Å². The molecule has 2 atom stereocenters. The van der Waals surface area contributed by atoms with Crippen molar-refractivity contribution in [3.8, 4) is 0 Å². The molecule has 0 bridgehead atoms. The number of thiazole rings is 1. The van der Waals surface area contributed by atoms with Crippen LogP contribution in [0.2, 0.25) is 0 Å². The molecule has 0 saturated carbocycles. The van der Waals surface area contributed by atoms with Crippen LogP contribution in [0.3, 0.4) is 0 Å². The number of nitrogens with one attached hydrogen (secondary N) is 1. The summed E-state index contributed by atoms with van der Waals surface area (Å²) in [5.74, 6) is -0.0489. The van der Waals surface area contributed by atoms with Gasteiger partial charge in [0, 0.05) is 29.9 Å². The first kappa shape index (κ1) is 15.9. The standard InChI is InChI=1S/C16H18N4OS2/c1-11-3-5-18-20(11)12(2)15(21)19-14(16-17-6-8-23-16)9-13-4-7-22-10-13/h3-8,10,12,14H,9H2,1-2H3,(H,19,21).